The lowest BCUT2D eigenvalue weighted by Crippen LogP contribution is -2.65. The average Bonchev–Trinajstić information content (AvgIpc) is 3.20. The summed E-state index contributed by atoms with van der Waals surface area (Å²) in [6, 6.07) is 4.94. The largest absolute Gasteiger partial charge is 0.394 e. The number of ether oxygens (including phenoxy) is 6. The lowest BCUT2D eigenvalue weighted by atomic mass is 9.96. The number of carbonyl (C=O) groups excluding carboxylic acids is 2. The SMILES string of the molecule is [N-]=[N+]=N[C@@H]1O[C@H](C(=O)Nc2ccc(NC(=O)[C@H]3O[C@@H](N=[N+]=[N-])[C@H](O)[C@@H](O[C@H]4O[C@H](CO)[C@@H](O)[C@H](O)[C@@H]4O)[C@@H]3O)cc2)[C@@H](O)[C@H](O[C@H]2O[C@H](CO)[C@@H](O)[C@H](O)[C@@H]2O)[C@H]1O. The minimum atomic E-state index is -2.06. The molecule has 28 heteroatoms. The quantitative estimate of drug-likeness (QED) is 0.0529. The summed E-state index contributed by atoms with van der Waals surface area (Å²) in [6.45, 7) is -1.67. The van der Waals surface area contributed by atoms with Crippen molar-refractivity contribution in [3.63, 3.8) is 0 Å². The summed E-state index contributed by atoms with van der Waals surface area (Å²) in [6.07, 6.45) is -37.3. The maximum absolute atomic E-state index is 13.3. The third kappa shape index (κ3) is 9.42. The molecule has 20 atom stereocenters. The molecule has 0 spiro atoms. The number of carbonyl (C=O) groups is 2. The van der Waals surface area contributed by atoms with Gasteiger partial charge in [-0.25, -0.2) is 0 Å². The van der Waals surface area contributed by atoms with Gasteiger partial charge in [-0.15, -0.1) is 0 Å². The molecule has 5 rings (SSSR count). The van der Waals surface area contributed by atoms with Gasteiger partial charge < -0.3 is 100 Å². The van der Waals surface area contributed by atoms with Crippen molar-refractivity contribution in [1.29, 1.82) is 0 Å². The predicted octanol–water partition coefficient (Wildman–Crippen LogP) is -6.55. The zero-order chi connectivity index (χ0) is 42.6. The minimum absolute atomic E-state index is 0.00476. The number of aliphatic hydroxyl groups excluding tert-OH is 12. The van der Waals surface area contributed by atoms with Crippen LogP contribution >= 0.6 is 0 Å². The molecule has 14 N–H and O–H groups in total. The molecular formula is C30H42N8O20. The van der Waals surface area contributed by atoms with E-state index in [4.69, 9.17) is 39.5 Å². The smallest absolute Gasteiger partial charge is 0.256 e. The van der Waals surface area contributed by atoms with Gasteiger partial charge in [0.2, 0.25) is 0 Å². The van der Waals surface area contributed by atoms with Gasteiger partial charge in [0.05, 0.1) is 13.2 Å². The zero-order valence-corrected chi connectivity index (χ0v) is 29.6. The Morgan fingerprint density at radius 3 is 1.21 bits per heavy atom. The molecule has 0 saturated carbocycles. The van der Waals surface area contributed by atoms with E-state index in [-0.39, 0.29) is 11.4 Å². The molecule has 1 aromatic carbocycles. The first kappa shape index (κ1) is 45.1. The molecule has 4 aliphatic heterocycles. The molecule has 4 fully saturated rings. The van der Waals surface area contributed by atoms with E-state index < -0.39 is 148 Å². The van der Waals surface area contributed by atoms with Gasteiger partial charge >= 0.3 is 0 Å². The molecular weight excluding hydrogens is 792 g/mol. The Morgan fingerprint density at radius 2 is 0.897 bits per heavy atom. The van der Waals surface area contributed by atoms with Crippen LogP contribution in [0.2, 0.25) is 0 Å². The average molecular weight is 835 g/mol. The van der Waals surface area contributed by atoms with Crippen molar-refractivity contribution in [2.75, 3.05) is 23.8 Å². The summed E-state index contributed by atoms with van der Waals surface area (Å²) < 4.78 is 32.1. The summed E-state index contributed by atoms with van der Waals surface area (Å²) in [7, 11) is 0. The van der Waals surface area contributed by atoms with E-state index in [0.717, 1.165) is 0 Å². The van der Waals surface area contributed by atoms with Gasteiger partial charge in [0.1, 0.15) is 85.5 Å². The van der Waals surface area contributed by atoms with Gasteiger partial charge in [0.25, 0.3) is 11.8 Å². The van der Waals surface area contributed by atoms with Gasteiger partial charge in [0, 0.05) is 21.2 Å². The molecule has 4 heterocycles. The van der Waals surface area contributed by atoms with E-state index in [1.807, 2.05) is 0 Å². The Hall–Kier alpha value is -3.94. The van der Waals surface area contributed by atoms with Crippen LogP contribution < -0.4 is 10.6 Å². The fraction of sp³-hybridized carbons (Fsp3) is 0.733. The van der Waals surface area contributed by atoms with E-state index in [1.165, 1.54) is 24.3 Å². The van der Waals surface area contributed by atoms with E-state index in [9.17, 15) is 70.9 Å². The highest BCUT2D eigenvalue weighted by molar-refractivity contribution is 5.96. The number of benzene rings is 1. The molecule has 4 saturated heterocycles. The van der Waals surface area contributed by atoms with Gasteiger partial charge in [0.15, 0.2) is 37.2 Å². The Bertz CT molecular complexity index is 1550. The van der Waals surface area contributed by atoms with Gasteiger partial charge in [-0.05, 0) is 35.3 Å². The molecule has 4 aliphatic rings. The highest BCUT2D eigenvalue weighted by Crippen LogP contribution is 2.32. The van der Waals surface area contributed by atoms with Crippen LogP contribution in [0.5, 0.6) is 0 Å². The number of amides is 2. The van der Waals surface area contributed by atoms with Crippen molar-refractivity contribution in [3.8, 4) is 0 Å². The molecule has 1 aromatic rings. The molecule has 0 radical (unpaired) electrons. The highest BCUT2D eigenvalue weighted by atomic mass is 16.7. The fourth-order valence-corrected chi connectivity index (χ4v) is 6.48. The topological polar surface area (TPSA) is 454 Å². The minimum Gasteiger partial charge on any atom is -0.394 e. The number of rotatable bonds is 12. The van der Waals surface area contributed by atoms with Crippen LogP contribution in [0, 0.1) is 0 Å². The first-order valence-electron chi connectivity index (χ1n) is 17.3. The van der Waals surface area contributed by atoms with Crippen LogP contribution in [0.3, 0.4) is 0 Å². The summed E-state index contributed by atoms with van der Waals surface area (Å²) in [5, 5.41) is 135. The van der Waals surface area contributed by atoms with Crippen LogP contribution in [0.4, 0.5) is 11.4 Å². The summed E-state index contributed by atoms with van der Waals surface area (Å²) in [5.74, 6) is -2.19. The Labute approximate surface area is 324 Å². The lowest BCUT2D eigenvalue weighted by molar-refractivity contribution is -0.338. The summed E-state index contributed by atoms with van der Waals surface area (Å²) in [4.78, 5) is 31.7. The standard InChI is InChI=1S/C30H42N8O20/c31-37-35-27-19(49)21(57-29-15(45)13(43)11(41)9(5-39)53-29)17(47)23(55-27)25(51)33-7-1-2-8(4-3-7)34-26(52)24-18(48)22(20(50)28(56-24)36-38-32)58-30-16(46)14(44)12(42)10(6-40)54-30/h1-4,9-24,27-30,39-50H,5-6H2,(H,33,51)(H,34,52)/t9-,10-,11-,12-,13+,14+,15+,16+,17+,18+,19-,20-,21+,22+,23+,24+,27-,28-,29-,30-/m1/s1. The maximum Gasteiger partial charge on any atom is 0.256 e. The third-order valence-electron chi connectivity index (χ3n) is 9.67. The van der Waals surface area contributed by atoms with Crippen molar-refractivity contribution in [1.82, 2.24) is 0 Å². The molecule has 58 heavy (non-hydrogen) atoms. The number of anilines is 2. The molecule has 0 bridgehead atoms. The van der Waals surface area contributed by atoms with Crippen molar-refractivity contribution < 1.29 is 99.3 Å². The van der Waals surface area contributed by atoms with E-state index >= 15 is 0 Å². The molecule has 0 aromatic heterocycles. The fourth-order valence-electron chi connectivity index (χ4n) is 6.48. The number of aliphatic hydroxyl groups is 12. The second kappa shape index (κ2) is 19.4. The summed E-state index contributed by atoms with van der Waals surface area (Å²) in [5.41, 5.74) is 18.0. The third-order valence-corrected chi connectivity index (χ3v) is 9.67. The Balaban J connectivity index is 1.25. The van der Waals surface area contributed by atoms with Crippen LogP contribution in [0.15, 0.2) is 34.5 Å². The maximum atomic E-state index is 13.3. The van der Waals surface area contributed by atoms with Crippen molar-refractivity contribution in [2.24, 2.45) is 10.2 Å². The second-order valence-corrected chi connectivity index (χ2v) is 13.4. The lowest BCUT2D eigenvalue weighted by Gasteiger charge is -2.45. The first-order valence-corrected chi connectivity index (χ1v) is 17.3. The Morgan fingerprint density at radius 1 is 0.552 bits per heavy atom. The van der Waals surface area contributed by atoms with E-state index in [2.05, 4.69) is 30.7 Å². The number of nitrogens with zero attached hydrogens (tertiary/aromatic N) is 6. The van der Waals surface area contributed by atoms with Crippen LogP contribution in [0.25, 0.3) is 20.9 Å². The molecule has 322 valence electrons. The predicted molar refractivity (Wildman–Crippen MR) is 181 cm³/mol. The molecule has 2 amide bonds. The van der Waals surface area contributed by atoms with Crippen LogP contribution in [-0.2, 0) is 38.0 Å². The van der Waals surface area contributed by atoms with Crippen LogP contribution in [0.1, 0.15) is 0 Å². The second-order valence-electron chi connectivity index (χ2n) is 13.4. The number of azide groups is 2. The monoisotopic (exact) mass is 834 g/mol. The summed E-state index contributed by atoms with van der Waals surface area (Å²) >= 11 is 0. The van der Waals surface area contributed by atoms with Crippen molar-refractivity contribution in [2.45, 2.75) is 123 Å². The van der Waals surface area contributed by atoms with E-state index in [0.29, 0.717) is 0 Å². The zero-order valence-electron chi connectivity index (χ0n) is 29.6. The van der Waals surface area contributed by atoms with Gasteiger partial charge in [-0.3, -0.25) is 9.59 Å². The molecule has 0 aliphatic carbocycles. The van der Waals surface area contributed by atoms with Gasteiger partial charge in [-0.2, -0.15) is 0 Å². The number of nitrogens with one attached hydrogen (secondary N) is 2. The number of hydrogen-bond acceptors (Lipinski definition) is 22. The van der Waals surface area contributed by atoms with Crippen molar-refractivity contribution >= 4 is 23.2 Å². The highest BCUT2D eigenvalue weighted by Gasteiger charge is 2.54. The van der Waals surface area contributed by atoms with Gasteiger partial charge in [-0.1, -0.05) is 10.2 Å². The Kier molecular flexibility index (Phi) is 15.1. The normalized spacial score (nSPS) is 43.0. The van der Waals surface area contributed by atoms with Crippen LogP contribution in [-0.4, -0.2) is 209 Å². The molecule has 28 nitrogen and oxygen atoms in total. The number of hydrogen-bond donors (Lipinski definition) is 14. The first-order chi connectivity index (χ1) is 27.6. The van der Waals surface area contributed by atoms with Crippen molar-refractivity contribution in [3.05, 3.63) is 45.2 Å². The van der Waals surface area contributed by atoms with E-state index in [1.54, 1.807) is 0 Å². The molecule has 0 unspecified atom stereocenters.